The number of nitrogen functional groups attached to an aromatic ring is 1. The molecular formula is C28H26N4O7S2. The highest BCUT2D eigenvalue weighted by molar-refractivity contribution is 7.92. The van der Waals surface area contributed by atoms with Crippen LogP contribution < -0.4 is 20.7 Å². The van der Waals surface area contributed by atoms with Gasteiger partial charge in [-0.3, -0.25) is 14.7 Å². The molecule has 0 aliphatic rings. The van der Waals surface area contributed by atoms with Gasteiger partial charge < -0.3 is 10.5 Å². The van der Waals surface area contributed by atoms with E-state index in [0.717, 1.165) is 3.97 Å². The van der Waals surface area contributed by atoms with E-state index in [-0.39, 0.29) is 37.6 Å². The highest BCUT2D eigenvalue weighted by atomic mass is 32.2. The number of hydrogen-bond donors (Lipinski definition) is 4. The summed E-state index contributed by atoms with van der Waals surface area (Å²) in [5.74, 6) is -0.452. The standard InChI is InChI=1S/C28H26N4O7S2/c1-3-39-19-10-14-20(15-11-19)40(35,36)31-25-16-24-26(28(33)30-34)17(2)32(27(24)23-7-5-4-6-22(23)25)41(37,38)21-12-8-18(29)9-13-21/h4-16,31,34H,3,29H2,1-2H3,(H,30,33). The first-order valence-electron chi connectivity index (χ1n) is 12.4. The van der Waals surface area contributed by atoms with Crippen molar-refractivity contribution < 1.29 is 31.6 Å². The number of hydrogen-bond acceptors (Lipinski definition) is 8. The van der Waals surface area contributed by atoms with Gasteiger partial charge in [0, 0.05) is 27.5 Å². The number of ether oxygens (including phenoxy) is 1. The third-order valence-electron chi connectivity index (χ3n) is 6.59. The summed E-state index contributed by atoms with van der Waals surface area (Å²) < 4.78 is 63.6. The lowest BCUT2D eigenvalue weighted by Crippen LogP contribution is -2.21. The zero-order valence-electron chi connectivity index (χ0n) is 22.0. The Bertz CT molecular complexity index is 2020. The van der Waals surface area contributed by atoms with Crippen LogP contribution in [0.5, 0.6) is 5.75 Å². The predicted molar refractivity (Wildman–Crippen MR) is 155 cm³/mol. The fraction of sp³-hybridized carbons (Fsp3) is 0.107. The molecule has 212 valence electrons. The van der Waals surface area contributed by atoms with Crippen LogP contribution >= 0.6 is 0 Å². The van der Waals surface area contributed by atoms with E-state index in [9.17, 15) is 26.8 Å². The Hall–Kier alpha value is -4.59. The molecule has 0 atom stereocenters. The van der Waals surface area contributed by atoms with Gasteiger partial charge in [-0.1, -0.05) is 24.3 Å². The number of fused-ring (bicyclic) bond motifs is 3. The van der Waals surface area contributed by atoms with E-state index >= 15 is 0 Å². The molecule has 0 saturated carbocycles. The zero-order chi connectivity index (χ0) is 29.5. The summed E-state index contributed by atoms with van der Waals surface area (Å²) in [6.07, 6.45) is 0. The topological polar surface area (TPSA) is 170 Å². The van der Waals surface area contributed by atoms with E-state index in [1.165, 1.54) is 61.5 Å². The van der Waals surface area contributed by atoms with Crippen molar-refractivity contribution in [2.75, 3.05) is 17.1 Å². The van der Waals surface area contributed by atoms with Gasteiger partial charge >= 0.3 is 0 Å². The van der Waals surface area contributed by atoms with E-state index in [4.69, 9.17) is 10.5 Å². The summed E-state index contributed by atoms with van der Waals surface area (Å²) in [5, 5.41) is 10.4. The first-order valence-corrected chi connectivity index (χ1v) is 15.3. The van der Waals surface area contributed by atoms with Crippen molar-refractivity contribution in [3.05, 3.63) is 90.1 Å². The van der Waals surface area contributed by atoms with Crippen LogP contribution in [0.3, 0.4) is 0 Å². The maximum atomic E-state index is 13.9. The van der Waals surface area contributed by atoms with Gasteiger partial charge in [-0.15, -0.1) is 0 Å². The van der Waals surface area contributed by atoms with Crippen LogP contribution in [0.4, 0.5) is 11.4 Å². The van der Waals surface area contributed by atoms with Gasteiger partial charge in [0.2, 0.25) is 0 Å². The lowest BCUT2D eigenvalue weighted by atomic mass is 10.0. The minimum Gasteiger partial charge on any atom is -0.494 e. The molecule has 1 amide bonds. The first-order chi connectivity index (χ1) is 19.5. The highest BCUT2D eigenvalue weighted by Crippen LogP contribution is 2.39. The molecule has 0 radical (unpaired) electrons. The van der Waals surface area contributed by atoms with E-state index in [2.05, 4.69) is 4.72 Å². The molecule has 5 aromatic rings. The molecule has 13 heteroatoms. The van der Waals surface area contributed by atoms with E-state index < -0.39 is 26.0 Å². The number of nitrogens with zero attached hydrogens (tertiary/aromatic N) is 1. The Morgan fingerprint density at radius 3 is 2.12 bits per heavy atom. The van der Waals surface area contributed by atoms with Gasteiger partial charge in [-0.2, -0.15) is 0 Å². The minimum atomic E-state index is -4.28. The Morgan fingerprint density at radius 2 is 1.51 bits per heavy atom. The second-order valence-corrected chi connectivity index (χ2v) is 12.6. The third-order valence-corrected chi connectivity index (χ3v) is 9.78. The number of carbonyl (C=O) groups excluding carboxylic acids is 1. The molecule has 1 heterocycles. The van der Waals surface area contributed by atoms with Crippen LogP contribution in [0.15, 0.2) is 88.7 Å². The summed E-state index contributed by atoms with van der Waals surface area (Å²) in [7, 11) is -8.39. The fourth-order valence-corrected chi connectivity index (χ4v) is 7.44. The van der Waals surface area contributed by atoms with E-state index in [1.807, 2.05) is 6.92 Å². The Morgan fingerprint density at radius 1 is 0.902 bits per heavy atom. The number of aromatic nitrogens is 1. The minimum absolute atomic E-state index is 0.0139. The van der Waals surface area contributed by atoms with Crippen LogP contribution in [0, 0.1) is 6.92 Å². The second kappa shape index (κ2) is 10.4. The van der Waals surface area contributed by atoms with Gasteiger partial charge in [-0.25, -0.2) is 26.3 Å². The SMILES string of the molecule is CCOc1ccc(S(=O)(=O)Nc2cc3c(C(=O)NO)c(C)n(S(=O)(=O)c4ccc(N)cc4)c3c3ccccc23)cc1. The smallest absolute Gasteiger partial charge is 0.277 e. The zero-order valence-corrected chi connectivity index (χ0v) is 23.6. The second-order valence-electron chi connectivity index (χ2n) is 9.12. The van der Waals surface area contributed by atoms with Crippen molar-refractivity contribution in [2.45, 2.75) is 23.6 Å². The number of anilines is 2. The number of amides is 1. The van der Waals surface area contributed by atoms with Crippen molar-refractivity contribution in [1.82, 2.24) is 9.45 Å². The van der Waals surface area contributed by atoms with Crippen molar-refractivity contribution in [3.8, 4) is 5.75 Å². The number of sulfonamides is 1. The quantitative estimate of drug-likeness (QED) is 0.117. The van der Waals surface area contributed by atoms with Gasteiger partial charge in [0.1, 0.15) is 5.75 Å². The summed E-state index contributed by atoms with van der Waals surface area (Å²) in [6.45, 7) is 3.67. The molecular weight excluding hydrogens is 568 g/mol. The summed E-state index contributed by atoms with van der Waals surface area (Å²) >= 11 is 0. The molecule has 0 bridgehead atoms. The van der Waals surface area contributed by atoms with Crippen LogP contribution in [-0.4, -0.2) is 38.5 Å². The van der Waals surface area contributed by atoms with Crippen molar-refractivity contribution in [3.63, 3.8) is 0 Å². The Kier molecular flexibility index (Phi) is 7.11. The molecule has 0 saturated heterocycles. The molecule has 5 N–H and O–H groups in total. The fourth-order valence-electron chi connectivity index (χ4n) is 4.79. The van der Waals surface area contributed by atoms with Crippen LogP contribution in [0.2, 0.25) is 0 Å². The van der Waals surface area contributed by atoms with E-state index in [1.54, 1.807) is 29.7 Å². The molecule has 4 aromatic carbocycles. The lowest BCUT2D eigenvalue weighted by molar-refractivity contribution is 0.0707. The monoisotopic (exact) mass is 594 g/mol. The number of hydroxylamine groups is 1. The molecule has 0 aliphatic carbocycles. The van der Waals surface area contributed by atoms with E-state index in [0.29, 0.717) is 28.8 Å². The molecule has 41 heavy (non-hydrogen) atoms. The number of benzene rings is 4. The Balaban J connectivity index is 1.78. The predicted octanol–water partition coefficient (Wildman–Crippen LogP) is 4.24. The van der Waals surface area contributed by atoms with Crippen molar-refractivity contribution in [2.24, 2.45) is 0 Å². The average molecular weight is 595 g/mol. The molecule has 5 rings (SSSR count). The largest absolute Gasteiger partial charge is 0.494 e. The van der Waals surface area contributed by atoms with Gasteiger partial charge in [0.25, 0.3) is 26.0 Å². The maximum absolute atomic E-state index is 13.9. The Labute approximate surface area is 236 Å². The molecule has 0 fully saturated rings. The maximum Gasteiger partial charge on any atom is 0.277 e. The molecule has 0 aliphatic heterocycles. The van der Waals surface area contributed by atoms with Crippen LogP contribution in [-0.2, 0) is 20.0 Å². The van der Waals surface area contributed by atoms with Crippen molar-refractivity contribution >= 4 is 59.0 Å². The molecule has 1 aromatic heterocycles. The van der Waals surface area contributed by atoms with Crippen LogP contribution in [0.25, 0.3) is 21.7 Å². The molecule has 11 nitrogen and oxygen atoms in total. The molecule has 0 spiro atoms. The number of nitrogens with two attached hydrogens (primary N) is 1. The summed E-state index contributed by atoms with van der Waals surface area (Å²) in [4.78, 5) is 12.8. The first kappa shape index (κ1) is 28.0. The number of nitrogens with one attached hydrogen (secondary N) is 2. The lowest BCUT2D eigenvalue weighted by Gasteiger charge is -2.15. The average Bonchev–Trinajstić information content (AvgIpc) is 3.25. The van der Waals surface area contributed by atoms with Gasteiger partial charge in [0.05, 0.1) is 33.2 Å². The van der Waals surface area contributed by atoms with Gasteiger partial charge in [0.15, 0.2) is 0 Å². The summed E-state index contributed by atoms with van der Waals surface area (Å²) in [5.41, 5.74) is 7.80. The normalized spacial score (nSPS) is 12.0. The molecule has 0 unspecified atom stereocenters. The number of rotatable bonds is 8. The van der Waals surface area contributed by atoms with Crippen LogP contribution in [0.1, 0.15) is 23.0 Å². The highest BCUT2D eigenvalue weighted by Gasteiger charge is 2.30. The summed E-state index contributed by atoms with van der Waals surface area (Å²) in [6, 6.07) is 19.5. The third kappa shape index (κ3) is 4.84. The van der Waals surface area contributed by atoms with Gasteiger partial charge in [-0.05, 0) is 68.4 Å². The van der Waals surface area contributed by atoms with Crippen molar-refractivity contribution in [1.29, 1.82) is 0 Å². The number of carbonyl (C=O) groups is 1.